The Morgan fingerprint density at radius 1 is 1.26 bits per heavy atom. The number of nitrogens with zero attached hydrogens (tertiary/aromatic N) is 2. The van der Waals surface area contributed by atoms with Crippen molar-refractivity contribution in [3.63, 3.8) is 0 Å². The number of hydrogen-bond acceptors (Lipinski definition) is 4. The predicted molar refractivity (Wildman–Crippen MR) is 73.3 cm³/mol. The number of benzene rings is 1. The van der Waals surface area contributed by atoms with Crippen LogP contribution < -0.4 is 10.3 Å². The largest absolute Gasteiger partial charge is 0.496 e. The summed E-state index contributed by atoms with van der Waals surface area (Å²) in [4.78, 5) is 15.8. The molecule has 0 fully saturated rings. The quantitative estimate of drug-likeness (QED) is 0.897. The normalized spacial score (nSPS) is 11.4. The van der Waals surface area contributed by atoms with Gasteiger partial charge in [-0.1, -0.05) is 20.8 Å². The van der Waals surface area contributed by atoms with Gasteiger partial charge >= 0.3 is 0 Å². The van der Waals surface area contributed by atoms with Gasteiger partial charge in [0, 0.05) is 11.1 Å². The first-order valence-corrected chi connectivity index (χ1v) is 6.02. The molecule has 5 heteroatoms. The lowest BCUT2D eigenvalue weighted by Crippen LogP contribution is -2.15. The van der Waals surface area contributed by atoms with E-state index in [-0.39, 0.29) is 11.0 Å². The summed E-state index contributed by atoms with van der Waals surface area (Å²) in [6.07, 6.45) is 1.33. The summed E-state index contributed by atoms with van der Waals surface area (Å²) in [7, 11) is 1.64. The molecule has 0 unspecified atom stereocenters. The van der Waals surface area contributed by atoms with Gasteiger partial charge in [0.15, 0.2) is 0 Å². The third-order valence-corrected chi connectivity index (χ3v) is 2.91. The van der Waals surface area contributed by atoms with Crippen molar-refractivity contribution in [3.05, 3.63) is 40.4 Å². The minimum absolute atomic E-state index is 0.0822. The molecular weight excluding hydrogens is 242 g/mol. The van der Waals surface area contributed by atoms with E-state index in [0.717, 1.165) is 16.9 Å². The van der Waals surface area contributed by atoms with Crippen LogP contribution in [0, 0.1) is 0 Å². The lowest BCUT2D eigenvalue weighted by molar-refractivity contribution is 0.397. The topological polar surface area (TPSA) is 67.9 Å². The van der Waals surface area contributed by atoms with Gasteiger partial charge in [-0.2, -0.15) is 5.10 Å². The summed E-state index contributed by atoms with van der Waals surface area (Å²) in [5.74, 6) is 0.807. The average molecular weight is 259 g/mol. The van der Waals surface area contributed by atoms with E-state index in [1.807, 2.05) is 18.2 Å². The Kier molecular flexibility index (Phi) is 3.38. The first-order valence-electron chi connectivity index (χ1n) is 6.02. The minimum Gasteiger partial charge on any atom is -0.496 e. The number of hydrogen-bond donors (Lipinski definition) is 1. The zero-order valence-corrected chi connectivity index (χ0v) is 11.5. The fraction of sp³-hybridized carbons (Fsp3) is 0.357. The molecule has 0 bridgehead atoms. The zero-order valence-electron chi connectivity index (χ0n) is 11.5. The lowest BCUT2D eigenvalue weighted by atomic mass is 9.85. The van der Waals surface area contributed by atoms with Crippen LogP contribution >= 0.6 is 0 Å². The highest BCUT2D eigenvalue weighted by atomic mass is 16.5. The summed E-state index contributed by atoms with van der Waals surface area (Å²) in [5, 5.41) is 5.99. The van der Waals surface area contributed by atoms with E-state index in [2.05, 4.69) is 36.0 Å². The Morgan fingerprint density at radius 2 is 2.00 bits per heavy atom. The highest BCUT2D eigenvalue weighted by Gasteiger charge is 2.20. The Labute approximate surface area is 111 Å². The molecule has 0 radical (unpaired) electrons. The fourth-order valence-electron chi connectivity index (χ4n) is 1.93. The van der Waals surface area contributed by atoms with E-state index in [0.29, 0.717) is 5.69 Å². The SMILES string of the molecule is COc1ccc(-c2ncn[nH]c2=O)cc1C(C)(C)C. The third kappa shape index (κ3) is 2.65. The molecule has 0 atom stereocenters. The van der Waals surface area contributed by atoms with Gasteiger partial charge in [0.05, 0.1) is 7.11 Å². The Hall–Kier alpha value is -2.17. The van der Waals surface area contributed by atoms with Crippen LogP contribution in [0.4, 0.5) is 0 Å². The van der Waals surface area contributed by atoms with Crippen molar-refractivity contribution in [2.75, 3.05) is 7.11 Å². The molecule has 19 heavy (non-hydrogen) atoms. The smallest absolute Gasteiger partial charge is 0.290 e. The van der Waals surface area contributed by atoms with Gasteiger partial charge < -0.3 is 4.74 Å². The molecule has 0 amide bonds. The van der Waals surface area contributed by atoms with Gasteiger partial charge in [-0.15, -0.1) is 0 Å². The molecule has 100 valence electrons. The monoisotopic (exact) mass is 259 g/mol. The van der Waals surface area contributed by atoms with Crippen LogP contribution in [-0.4, -0.2) is 22.3 Å². The van der Waals surface area contributed by atoms with Gasteiger partial charge in [-0.25, -0.2) is 10.1 Å². The summed E-state index contributed by atoms with van der Waals surface area (Å²) >= 11 is 0. The number of aromatic amines is 1. The van der Waals surface area contributed by atoms with E-state index in [1.165, 1.54) is 6.33 Å². The Balaban J connectivity index is 2.62. The second-order valence-electron chi connectivity index (χ2n) is 5.33. The summed E-state index contributed by atoms with van der Waals surface area (Å²) in [5.41, 5.74) is 1.77. The number of ether oxygens (including phenoxy) is 1. The fourth-order valence-corrected chi connectivity index (χ4v) is 1.93. The maximum Gasteiger partial charge on any atom is 0.290 e. The number of methoxy groups -OCH3 is 1. The molecule has 5 nitrogen and oxygen atoms in total. The maximum absolute atomic E-state index is 11.7. The first-order chi connectivity index (χ1) is 8.93. The lowest BCUT2D eigenvalue weighted by Gasteiger charge is -2.22. The number of H-pyrrole nitrogens is 1. The van der Waals surface area contributed by atoms with Gasteiger partial charge in [0.25, 0.3) is 5.56 Å². The highest BCUT2D eigenvalue weighted by molar-refractivity contribution is 5.62. The van der Waals surface area contributed by atoms with Crippen LogP contribution in [0.1, 0.15) is 26.3 Å². The van der Waals surface area contributed by atoms with Crippen molar-refractivity contribution in [3.8, 4) is 17.0 Å². The Bertz CT molecular complexity index is 642. The van der Waals surface area contributed by atoms with E-state index in [4.69, 9.17) is 4.74 Å². The second-order valence-corrected chi connectivity index (χ2v) is 5.33. The van der Waals surface area contributed by atoms with Gasteiger partial charge in [0.2, 0.25) is 0 Å². The molecule has 2 aromatic rings. The molecule has 0 saturated carbocycles. The molecule has 2 rings (SSSR count). The number of rotatable bonds is 2. The van der Waals surface area contributed by atoms with Crippen molar-refractivity contribution in [1.29, 1.82) is 0 Å². The second kappa shape index (κ2) is 4.84. The van der Waals surface area contributed by atoms with Gasteiger partial charge in [-0.05, 0) is 23.6 Å². The van der Waals surface area contributed by atoms with E-state index < -0.39 is 0 Å². The van der Waals surface area contributed by atoms with Crippen LogP contribution in [0.2, 0.25) is 0 Å². The van der Waals surface area contributed by atoms with Crippen molar-refractivity contribution >= 4 is 0 Å². The highest BCUT2D eigenvalue weighted by Crippen LogP contribution is 2.33. The minimum atomic E-state index is -0.299. The van der Waals surface area contributed by atoms with E-state index in [9.17, 15) is 4.79 Å². The molecule has 0 spiro atoms. The van der Waals surface area contributed by atoms with E-state index >= 15 is 0 Å². The molecule has 1 aromatic carbocycles. The third-order valence-electron chi connectivity index (χ3n) is 2.91. The molecule has 0 aliphatic heterocycles. The van der Waals surface area contributed by atoms with E-state index in [1.54, 1.807) is 7.11 Å². The standard InChI is InChI=1S/C14H17N3O2/c1-14(2,3)10-7-9(5-6-11(10)19-4)12-13(18)17-16-8-15-12/h5-8H,1-4H3,(H,17,18). The van der Waals surface area contributed by atoms with Crippen molar-refractivity contribution < 1.29 is 4.74 Å². The summed E-state index contributed by atoms with van der Waals surface area (Å²) in [6, 6.07) is 5.62. The van der Waals surface area contributed by atoms with Crippen LogP contribution in [0.25, 0.3) is 11.3 Å². The van der Waals surface area contributed by atoms with Gasteiger partial charge in [0.1, 0.15) is 17.8 Å². The van der Waals surface area contributed by atoms with Crippen molar-refractivity contribution in [1.82, 2.24) is 15.2 Å². The van der Waals surface area contributed by atoms with Crippen molar-refractivity contribution in [2.45, 2.75) is 26.2 Å². The molecule has 0 aliphatic rings. The molecule has 1 heterocycles. The number of nitrogens with one attached hydrogen (secondary N) is 1. The average Bonchev–Trinajstić information content (AvgIpc) is 2.37. The van der Waals surface area contributed by atoms with Gasteiger partial charge in [-0.3, -0.25) is 4.79 Å². The molecule has 0 saturated heterocycles. The first kappa shape index (κ1) is 13.3. The summed E-state index contributed by atoms with van der Waals surface area (Å²) < 4.78 is 5.37. The summed E-state index contributed by atoms with van der Waals surface area (Å²) in [6.45, 7) is 6.29. The molecule has 1 N–H and O–H groups in total. The Morgan fingerprint density at radius 3 is 2.58 bits per heavy atom. The van der Waals surface area contributed by atoms with Crippen LogP contribution in [-0.2, 0) is 5.41 Å². The molecule has 0 aliphatic carbocycles. The predicted octanol–water partition coefficient (Wildman–Crippen LogP) is 2.14. The van der Waals surface area contributed by atoms with Crippen LogP contribution in [0.15, 0.2) is 29.3 Å². The van der Waals surface area contributed by atoms with Crippen molar-refractivity contribution in [2.24, 2.45) is 0 Å². The molecule has 1 aromatic heterocycles. The number of aromatic nitrogens is 3. The maximum atomic E-state index is 11.7. The molecular formula is C14H17N3O2. The van der Waals surface area contributed by atoms with Crippen LogP contribution in [0.5, 0.6) is 5.75 Å². The zero-order chi connectivity index (χ0) is 14.0. The van der Waals surface area contributed by atoms with Crippen LogP contribution in [0.3, 0.4) is 0 Å².